The number of amides is 1. The molecule has 1 atom stereocenters. The first-order valence-corrected chi connectivity index (χ1v) is 9.02. The largest absolute Gasteiger partial charge is 0.493 e. The van der Waals surface area contributed by atoms with Crippen molar-refractivity contribution in [3.8, 4) is 11.5 Å². The van der Waals surface area contributed by atoms with Crippen molar-refractivity contribution in [3.05, 3.63) is 58.6 Å². The number of methoxy groups -OCH3 is 1. The normalized spacial score (nSPS) is 17.0. The third kappa shape index (κ3) is 4.48. The minimum Gasteiger partial charge on any atom is -0.493 e. The van der Waals surface area contributed by atoms with Gasteiger partial charge in [-0.15, -0.1) is 0 Å². The van der Waals surface area contributed by atoms with Crippen LogP contribution in [0, 0.1) is 0 Å². The topological polar surface area (TPSA) is 50.8 Å². The van der Waals surface area contributed by atoms with Gasteiger partial charge in [-0.3, -0.25) is 4.79 Å². The van der Waals surface area contributed by atoms with Crippen LogP contribution in [0.4, 0.5) is 0 Å². The van der Waals surface area contributed by atoms with E-state index in [1.165, 1.54) is 0 Å². The summed E-state index contributed by atoms with van der Waals surface area (Å²) in [5, 5.41) is 4.03. The van der Waals surface area contributed by atoms with Gasteiger partial charge in [0.25, 0.3) is 5.91 Å². The molecule has 5 nitrogen and oxygen atoms in total. The summed E-state index contributed by atoms with van der Waals surface area (Å²) in [6.07, 6.45) is 0. The standard InChI is InChI=1S/C20H23ClN2O3/c1-14-12-23(10-9-22-14)20(24)16-5-8-18(19(11-16)25-2)26-13-15-3-6-17(21)7-4-15/h3-8,11,14,22H,9-10,12-13H2,1-2H3. The fourth-order valence-corrected chi connectivity index (χ4v) is 3.09. The number of rotatable bonds is 5. The Labute approximate surface area is 158 Å². The molecule has 138 valence electrons. The molecule has 1 fully saturated rings. The first-order valence-electron chi connectivity index (χ1n) is 8.65. The molecule has 2 aromatic carbocycles. The average molecular weight is 375 g/mol. The Hall–Kier alpha value is -2.24. The van der Waals surface area contributed by atoms with Gasteiger partial charge >= 0.3 is 0 Å². The van der Waals surface area contributed by atoms with Gasteiger partial charge in [-0.05, 0) is 42.8 Å². The third-order valence-corrected chi connectivity index (χ3v) is 4.63. The quantitative estimate of drug-likeness (QED) is 0.871. The van der Waals surface area contributed by atoms with E-state index in [1.54, 1.807) is 25.3 Å². The number of carbonyl (C=O) groups excluding carboxylic acids is 1. The van der Waals surface area contributed by atoms with Crippen LogP contribution in [0.15, 0.2) is 42.5 Å². The predicted octanol–water partition coefficient (Wildman–Crippen LogP) is 3.36. The van der Waals surface area contributed by atoms with Crippen LogP contribution in [-0.2, 0) is 6.61 Å². The summed E-state index contributed by atoms with van der Waals surface area (Å²) < 4.78 is 11.3. The molecule has 2 aromatic rings. The van der Waals surface area contributed by atoms with Crippen LogP contribution >= 0.6 is 11.6 Å². The highest BCUT2D eigenvalue weighted by atomic mass is 35.5. The summed E-state index contributed by atoms with van der Waals surface area (Å²) in [5.74, 6) is 1.17. The monoisotopic (exact) mass is 374 g/mol. The molecule has 1 aliphatic heterocycles. The molecule has 6 heteroatoms. The lowest BCUT2D eigenvalue weighted by Crippen LogP contribution is -2.51. The van der Waals surface area contributed by atoms with E-state index in [9.17, 15) is 4.79 Å². The first kappa shape index (κ1) is 18.5. The Morgan fingerprint density at radius 1 is 1.23 bits per heavy atom. The Morgan fingerprint density at radius 2 is 2.00 bits per heavy atom. The lowest BCUT2D eigenvalue weighted by molar-refractivity contribution is 0.0708. The summed E-state index contributed by atoms with van der Waals surface area (Å²) in [6, 6.07) is 13.1. The number of hydrogen-bond donors (Lipinski definition) is 1. The average Bonchev–Trinajstić information content (AvgIpc) is 2.67. The van der Waals surface area contributed by atoms with Crippen LogP contribution in [0.25, 0.3) is 0 Å². The van der Waals surface area contributed by atoms with Gasteiger partial charge in [0, 0.05) is 36.3 Å². The van der Waals surface area contributed by atoms with E-state index in [1.807, 2.05) is 29.2 Å². The Bertz CT molecular complexity index is 764. The summed E-state index contributed by atoms with van der Waals surface area (Å²) in [7, 11) is 1.58. The van der Waals surface area contributed by atoms with E-state index in [0.29, 0.717) is 47.8 Å². The van der Waals surface area contributed by atoms with Crippen LogP contribution in [0.2, 0.25) is 5.02 Å². The molecule has 0 radical (unpaired) electrons. The molecular formula is C20H23ClN2O3. The molecule has 0 aliphatic carbocycles. The summed E-state index contributed by atoms with van der Waals surface area (Å²) in [6.45, 7) is 4.70. The highest BCUT2D eigenvalue weighted by molar-refractivity contribution is 6.30. The number of nitrogens with zero attached hydrogens (tertiary/aromatic N) is 1. The number of hydrogen-bond acceptors (Lipinski definition) is 4. The Kier molecular flexibility index (Phi) is 6.01. The first-order chi connectivity index (χ1) is 12.6. The van der Waals surface area contributed by atoms with Crippen molar-refractivity contribution >= 4 is 17.5 Å². The number of carbonyl (C=O) groups is 1. The third-order valence-electron chi connectivity index (χ3n) is 4.37. The van der Waals surface area contributed by atoms with Crippen LogP contribution in [0.1, 0.15) is 22.8 Å². The van der Waals surface area contributed by atoms with Crippen molar-refractivity contribution in [2.24, 2.45) is 0 Å². The zero-order valence-electron chi connectivity index (χ0n) is 15.0. The maximum atomic E-state index is 12.7. The fraction of sp³-hybridized carbons (Fsp3) is 0.350. The van der Waals surface area contributed by atoms with E-state index in [-0.39, 0.29) is 5.91 Å². The molecule has 0 saturated carbocycles. The van der Waals surface area contributed by atoms with E-state index in [0.717, 1.165) is 12.1 Å². The molecule has 26 heavy (non-hydrogen) atoms. The van der Waals surface area contributed by atoms with E-state index < -0.39 is 0 Å². The summed E-state index contributed by atoms with van der Waals surface area (Å²) >= 11 is 5.90. The fourth-order valence-electron chi connectivity index (χ4n) is 2.96. The van der Waals surface area contributed by atoms with Crippen LogP contribution < -0.4 is 14.8 Å². The second-order valence-corrected chi connectivity index (χ2v) is 6.82. The minimum atomic E-state index is 0.0147. The van der Waals surface area contributed by atoms with Crippen molar-refractivity contribution in [3.63, 3.8) is 0 Å². The van der Waals surface area contributed by atoms with E-state index in [2.05, 4.69) is 12.2 Å². The summed E-state index contributed by atoms with van der Waals surface area (Å²) in [5.41, 5.74) is 1.61. The zero-order chi connectivity index (χ0) is 18.5. The van der Waals surface area contributed by atoms with Crippen LogP contribution in [0.5, 0.6) is 11.5 Å². The zero-order valence-corrected chi connectivity index (χ0v) is 15.8. The highest BCUT2D eigenvalue weighted by Gasteiger charge is 2.22. The van der Waals surface area contributed by atoms with Crippen LogP contribution in [-0.4, -0.2) is 43.6 Å². The predicted molar refractivity (Wildman–Crippen MR) is 102 cm³/mol. The van der Waals surface area contributed by atoms with Gasteiger partial charge in [0.05, 0.1) is 7.11 Å². The number of ether oxygens (including phenoxy) is 2. The van der Waals surface area contributed by atoms with Crippen molar-refractivity contribution in [2.75, 3.05) is 26.7 Å². The van der Waals surface area contributed by atoms with Crippen molar-refractivity contribution in [1.29, 1.82) is 0 Å². The molecule has 0 bridgehead atoms. The minimum absolute atomic E-state index is 0.0147. The number of nitrogens with one attached hydrogen (secondary N) is 1. The lowest BCUT2D eigenvalue weighted by Gasteiger charge is -2.32. The lowest BCUT2D eigenvalue weighted by atomic mass is 10.1. The molecule has 1 aliphatic rings. The highest BCUT2D eigenvalue weighted by Crippen LogP contribution is 2.29. The smallest absolute Gasteiger partial charge is 0.254 e. The number of piperazine rings is 1. The second kappa shape index (κ2) is 8.43. The van der Waals surface area contributed by atoms with Gasteiger partial charge in [0.1, 0.15) is 6.61 Å². The maximum absolute atomic E-state index is 12.7. The van der Waals surface area contributed by atoms with Crippen molar-refractivity contribution in [1.82, 2.24) is 10.2 Å². The molecule has 1 saturated heterocycles. The Morgan fingerprint density at radius 3 is 2.69 bits per heavy atom. The van der Waals surface area contributed by atoms with Crippen LogP contribution in [0.3, 0.4) is 0 Å². The second-order valence-electron chi connectivity index (χ2n) is 6.39. The molecule has 0 aromatic heterocycles. The number of halogens is 1. The van der Waals surface area contributed by atoms with E-state index in [4.69, 9.17) is 21.1 Å². The Balaban J connectivity index is 1.70. The van der Waals surface area contributed by atoms with Gasteiger partial charge in [-0.1, -0.05) is 23.7 Å². The maximum Gasteiger partial charge on any atom is 0.254 e. The summed E-state index contributed by atoms with van der Waals surface area (Å²) in [4.78, 5) is 14.6. The van der Waals surface area contributed by atoms with E-state index >= 15 is 0 Å². The van der Waals surface area contributed by atoms with Gasteiger partial charge in [0.15, 0.2) is 11.5 Å². The van der Waals surface area contributed by atoms with Crippen molar-refractivity contribution < 1.29 is 14.3 Å². The molecule has 1 unspecified atom stereocenters. The molecule has 1 heterocycles. The molecule has 3 rings (SSSR count). The van der Waals surface area contributed by atoms with Crippen molar-refractivity contribution in [2.45, 2.75) is 19.6 Å². The molecule has 0 spiro atoms. The number of benzene rings is 2. The van der Waals surface area contributed by atoms with Gasteiger partial charge in [-0.25, -0.2) is 0 Å². The van der Waals surface area contributed by atoms with Gasteiger partial charge in [0.2, 0.25) is 0 Å². The van der Waals surface area contributed by atoms with Gasteiger partial charge < -0.3 is 19.7 Å². The molecule has 1 N–H and O–H groups in total. The molecular weight excluding hydrogens is 352 g/mol. The molecule has 1 amide bonds. The van der Waals surface area contributed by atoms with Gasteiger partial charge in [-0.2, -0.15) is 0 Å². The SMILES string of the molecule is COc1cc(C(=O)N2CCNC(C)C2)ccc1OCc1ccc(Cl)cc1.